The Labute approximate surface area is 67.5 Å². The first-order valence-electron chi connectivity index (χ1n) is 4.38. The maximum atomic E-state index is 4.42. The highest BCUT2D eigenvalue weighted by molar-refractivity contribution is 5.80. The van der Waals surface area contributed by atoms with Crippen LogP contribution in [0.3, 0.4) is 0 Å². The summed E-state index contributed by atoms with van der Waals surface area (Å²) >= 11 is 0. The first kappa shape index (κ1) is 6.95. The number of guanidine groups is 1. The molecule has 0 radical (unpaired) electrons. The topological polar surface area (TPSA) is 27.6 Å². The molecule has 1 saturated carbocycles. The molecule has 3 heteroatoms. The molecule has 1 fully saturated rings. The Balaban J connectivity index is 1.91. The van der Waals surface area contributed by atoms with E-state index in [2.05, 4.69) is 22.3 Å². The summed E-state index contributed by atoms with van der Waals surface area (Å²) in [6, 6.07) is 0.731. The van der Waals surface area contributed by atoms with Crippen molar-refractivity contribution in [2.45, 2.75) is 25.3 Å². The summed E-state index contributed by atoms with van der Waals surface area (Å²) in [5, 5.41) is 3.42. The van der Waals surface area contributed by atoms with E-state index in [9.17, 15) is 0 Å². The molecule has 0 amide bonds. The van der Waals surface area contributed by atoms with Gasteiger partial charge in [0, 0.05) is 26.2 Å². The van der Waals surface area contributed by atoms with E-state index >= 15 is 0 Å². The van der Waals surface area contributed by atoms with Gasteiger partial charge in [-0.05, 0) is 19.3 Å². The minimum absolute atomic E-state index is 0.731. The number of aliphatic imine (C=N–C) groups is 1. The Bertz CT molecular complexity index is 172. The van der Waals surface area contributed by atoms with Crippen LogP contribution in [0.15, 0.2) is 4.99 Å². The third-order valence-electron chi connectivity index (χ3n) is 2.19. The molecular formula is C8H15N3. The van der Waals surface area contributed by atoms with E-state index in [1.165, 1.54) is 19.3 Å². The molecule has 1 aliphatic carbocycles. The number of hydrogen-bond acceptors (Lipinski definition) is 3. The van der Waals surface area contributed by atoms with Crippen molar-refractivity contribution in [3.05, 3.63) is 0 Å². The van der Waals surface area contributed by atoms with E-state index in [0.29, 0.717) is 0 Å². The van der Waals surface area contributed by atoms with Crippen molar-refractivity contribution >= 4 is 5.96 Å². The highest BCUT2D eigenvalue weighted by atomic mass is 15.3. The van der Waals surface area contributed by atoms with Gasteiger partial charge in [-0.1, -0.05) is 0 Å². The van der Waals surface area contributed by atoms with E-state index in [1.807, 2.05) is 0 Å². The fourth-order valence-electron chi connectivity index (χ4n) is 1.29. The Morgan fingerprint density at radius 3 is 3.00 bits per heavy atom. The van der Waals surface area contributed by atoms with Crippen molar-refractivity contribution in [1.82, 2.24) is 10.2 Å². The molecule has 1 aliphatic heterocycles. The first-order chi connectivity index (χ1) is 5.36. The highest BCUT2D eigenvalue weighted by Crippen LogP contribution is 2.19. The molecule has 0 aromatic carbocycles. The van der Waals surface area contributed by atoms with Crippen LogP contribution in [0.5, 0.6) is 0 Å². The number of hydrogen-bond donors (Lipinski definition) is 1. The van der Waals surface area contributed by atoms with Gasteiger partial charge in [0.25, 0.3) is 0 Å². The smallest absolute Gasteiger partial charge is 0.193 e. The molecular weight excluding hydrogens is 138 g/mol. The van der Waals surface area contributed by atoms with Gasteiger partial charge < -0.3 is 10.2 Å². The molecule has 0 spiro atoms. The zero-order valence-corrected chi connectivity index (χ0v) is 7.01. The molecule has 3 nitrogen and oxygen atoms in total. The van der Waals surface area contributed by atoms with E-state index in [-0.39, 0.29) is 0 Å². The van der Waals surface area contributed by atoms with Crippen molar-refractivity contribution in [3.63, 3.8) is 0 Å². The molecule has 0 aromatic heterocycles. The Morgan fingerprint density at radius 2 is 2.36 bits per heavy atom. The van der Waals surface area contributed by atoms with Crippen LogP contribution in [-0.4, -0.2) is 37.0 Å². The first-order valence-corrected chi connectivity index (χ1v) is 4.38. The number of rotatable bonds is 1. The van der Waals surface area contributed by atoms with Crippen molar-refractivity contribution in [2.75, 3.05) is 20.1 Å². The zero-order valence-electron chi connectivity index (χ0n) is 7.01. The summed E-state index contributed by atoms with van der Waals surface area (Å²) in [6.45, 7) is 2.15. The van der Waals surface area contributed by atoms with Gasteiger partial charge in [0.15, 0.2) is 5.96 Å². The maximum absolute atomic E-state index is 4.42. The van der Waals surface area contributed by atoms with Crippen LogP contribution >= 0.6 is 0 Å². The summed E-state index contributed by atoms with van der Waals surface area (Å²) in [7, 11) is 2.10. The molecule has 1 heterocycles. The largest absolute Gasteiger partial charge is 0.354 e. The van der Waals surface area contributed by atoms with E-state index < -0.39 is 0 Å². The summed E-state index contributed by atoms with van der Waals surface area (Å²) in [4.78, 5) is 6.63. The van der Waals surface area contributed by atoms with Crippen molar-refractivity contribution in [3.8, 4) is 0 Å². The Morgan fingerprint density at radius 1 is 1.55 bits per heavy atom. The number of nitrogens with zero attached hydrogens (tertiary/aromatic N) is 2. The standard InChI is InChI=1S/C8H15N3/c1-11-6-2-5-9-8(11)10-7-3-4-7/h7H,2-6H2,1H3,(H,9,10). The minimum Gasteiger partial charge on any atom is -0.354 e. The van der Waals surface area contributed by atoms with Crippen LogP contribution < -0.4 is 5.32 Å². The van der Waals surface area contributed by atoms with Crippen LogP contribution in [0.25, 0.3) is 0 Å². The molecule has 0 atom stereocenters. The molecule has 11 heavy (non-hydrogen) atoms. The SMILES string of the molecule is CN1CCCN=C1NC1CC1. The predicted molar refractivity (Wildman–Crippen MR) is 45.7 cm³/mol. The lowest BCUT2D eigenvalue weighted by molar-refractivity contribution is 0.446. The van der Waals surface area contributed by atoms with Crippen molar-refractivity contribution in [2.24, 2.45) is 4.99 Å². The molecule has 2 rings (SSSR count). The van der Waals surface area contributed by atoms with E-state index in [0.717, 1.165) is 25.1 Å². The normalized spacial score (nSPS) is 24.8. The second-order valence-corrected chi connectivity index (χ2v) is 3.40. The summed E-state index contributed by atoms with van der Waals surface area (Å²) in [5.74, 6) is 1.11. The van der Waals surface area contributed by atoms with E-state index in [1.54, 1.807) is 0 Å². The third kappa shape index (κ3) is 1.64. The molecule has 0 aromatic rings. The van der Waals surface area contributed by atoms with Crippen molar-refractivity contribution < 1.29 is 0 Å². The average molecular weight is 153 g/mol. The zero-order chi connectivity index (χ0) is 7.68. The third-order valence-corrected chi connectivity index (χ3v) is 2.19. The monoisotopic (exact) mass is 153 g/mol. The van der Waals surface area contributed by atoms with Gasteiger partial charge in [0.2, 0.25) is 0 Å². The second-order valence-electron chi connectivity index (χ2n) is 3.40. The van der Waals surface area contributed by atoms with Crippen LogP contribution in [0, 0.1) is 0 Å². The molecule has 2 aliphatic rings. The quantitative estimate of drug-likeness (QED) is 0.591. The van der Waals surface area contributed by atoms with Gasteiger partial charge in [0.05, 0.1) is 0 Å². The van der Waals surface area contributed by atoms with Gasteiger partial charge in [-0.3, -0.25) is 4.99 Å². The summed E-state index contributed by atoms with van der Waals surface area (Å²) < 4.78 is 0. The molecule has 62 valence electrons. The second kappa shape index (κ2) is 2.72. The predicted octanol–water partition coefficient (Wildman–Crippen LogP) is 0.430. The molecule has 0 unspecified atom stereocenters. The summed E-state index contributed by atoms with van der Waals surface area (Å²) in [6.07, 6.45) is 3.85. The number of nitrogens with one attached hydrogen (secondary N) is 1. The Kier molecular flexibility index (Phi) is 1.72. The van der Waals surface area contributed by atoms with Crippen LogP contribution in [-0.2, 0) is 0 Å². The summed E-state index contributed by atoms with van der Waals surface area (Å²) in [5.41, 5.74) is 0. The Hall–Kier alpha value is -0.730. The highest BCUT2D eigenvalue weighted by Gasteiger charge is 2.24. The van der Waals surface area contributed by atoms with Gasteiger partial charge >= 0.3 is 0 Å². The van der Waals surface area contributed by atoms with Crippen LogP contribution in [0.1, 0.15) is 19.3 Å². The fraction of sp³-hybridized carbons (Fsp3) is 0.875. The van der Waals surface area contributed by atoms with Gasteiger partial charge in [-0.25, -0.2) is 0 Å². The lowest BCUT2D eigenvalue weighted by Crippen LogP contribution is -2.43. The van der Waals surface area contributed by atoms with Crippen molar-refractivity contribution in [1.29, 1.82) is 0 Å². The lowest BCUT2D eigenvalue weighted by atomic mass is 10.3. The van der Waals surface area contributed by atoms with Crippen LogP contribution in [0.2, 0.25) is 0 Å². The molecule has 1 N–H and O–H groups in total. The van der Waals surface area contributed by atoms with Gasteiger partial charge in [0.1, 0.15) is 0 Å². The van der Waals surface area contributed by atoms with E-state index in [4.69, 9.17) is 0 Å². The lowest BCUT2D eigenvalue weighted by Gasteiger charge is -2.25. The fourth-order valence-corrected chi connectivity index (χ4v) is 1.29. The van der Waals surface area contributed by atoms with Gasteiger partial charge in [-0.2, -0.15) is 0 Å². The molecule has 0 saturated heterocycles. The molecule has 0 bridgehead atoms. The maximum Gasteiger partial charge on any atom is 0.193 e. The minimum atomic E-state index is 0.731. The van der Waals surface area contributed by atoms with Crippen LogP contribution in [0.4, 0.5) is 0 Å². The average Bonchev–Trinajstić information content (AvgIpc) is 2.78. The van der Waals surface area contributed by atoms with Gasteiger partial charge in [-0.15, -0.1) is 0 Å².